The van der Waals surface area contributed by atoms with Crippen LogP contribution in [0.4, 0.5) is 0 Å². The van der Waals surface area contributed by atoms with Crippen molar-refractivity contribution in [3.63, 3.8) is 0 Å². The summed E-state index contributed by atoms with van der Waals surface area (Å²) in [6.45, 7) is 3.10. The highest BCUT2D eigenvalue weighted by Crippen LogP contribution is 2.17. The lowest BCUT2D eigenvalue weighted by atomic mass is 10.2. The van der Waals surface area contributed by atoms with Gasteiger partial charge in [-0.25, -0.2) is 9.97 Å². The van der Waals surface area contributed by atoms with E-state index in [0.29, 0.717) is 0 Å². The molecule has 2 aromatic heterocycles. The third-order valence-corrected chi connectivity index (χ3v) is 2.83. The molecule has 0 radical (unpaired) electrons. The van der Waals surface area contributed by atoms with Gasteiger partial charge in [0.05, 0.1) is 0 Å². The summed E-state index contributed by atoms with van der Waals surface area (Å²) in [5.74, 6) is 1.99. The SMILES string of the molecule is CCCNC(c1nccn1C)c1nccn1C. The van der Waals surface area contributed by atoms with Crippen LogP contribution in [0.5, 0.6) is 0 Å². The van der Waals surface area contributed by atoms with Gasteiger partial charge in [-0.2, -0.15) is 0 Å². The molecule has 5 nitrogen and oxygen atoms in total. The largest absolute Gasteiger partial charge is 0.336 e. The molecule has 0 unspecified atom stereocenters. The summed E-state index contributed by atoms with van der Waals surface area (Å²) in [5, 5.41) is 3.49. The zero-order chi connectivity index (χ0) is 12.3. The molecule has 92 valence electrons. The topological polar surface area (TPSA) is 47.7 Å². The first-order valence-corrected chi connectivity index (χ1v) is 5.92. The summed E-state index contributed by atoms with van der Waals surface area (Å²) >= 11 is 0. The van der Waals surface area contributed by atoms with Crippen LogP contribution in [0, 0.1) is 0 Å². The molecule has 1 N–H and O–H groups in total. The van der Waals surface area contributed by atoms with Gasteiger partial charge in [-0.3, -0.25) is 0 Å². The van der Waals surface area contributed by atoms with E-state index in [0.717, 1.165) is 24.6 Å². The predicted molar refractivity (Wildman–Crippen MR) is 66.6 cm³/mol. The van der Waals surface area contributed by atoms with Gasteiger partial charge in [0.2, 0.25) is 0 Å². The van der Waals surface area contributed by atoms with Crippen LogP contribution < -0.4 is 5.32 Å². The van der Waals surface area contributed by atoms with Crippen LogP contribution in [0.15, 0.2) is 24.8 Å². The van der Waals surface area contributed by atoms with Crippen LogP contribution in [-0.4, -0.2) is 25.6 Å². The van der Waals surface area contributed by atoms with E-state index >= 15 is 0 Å². The Morgan fingerprint density at radius 2 is 1.65 bits per heavy atom. The lowest BCUT2D eigenvalue weighted by molar-refractivity contribution is 0.519. The van der Waals surface area contributed by atoms with Crippen molar-refractivity contribution in [3.05, 3.63) is 36.4 Å². The van der Waals surface area contributed by atoms with Crippen LogP contribution in [-0.2, 0) is 14.1 Å². The van der Waals surface area contributed by atoms with Crippen LogP contribution >= 0.6 is 0 Å². The van der Waals surface area contributed by atoms with Crippen molar-refractivity contribution in [3.8, 4) is 0 Å². The maximum absolute atomic E-state index is 4.41. The maximum Gasteiger partial charge on any atom is 0.133 e. The average molecular weight is 233 g/mol. The highest BCUT2D eigenvalue weighted by Gasteiger charge is 2.20. The molecule has 0 fully saturated rings. The minimum absolute atomic E-state index is 0.0509. The fourth-order valence-corrected chi connectivity index (χ4v) is 1.90. The first-order chi connectivity index (χ1) is 8.24. The zero-order valence-corrected chi connectivity index (χ0v) is 10.6. The number of hydrogen-bond donors (Lipinski definition) is 1. The monoisotopic (exact) mass is 233 g/mol. The molecule has 0 atom stereocenters. The van der Waals surface area contributed by atoms with Gasteiger partial charge in [0.1, 0.15) is 17.7 Å². The van der Waals surface area contributed by atoms with Gasteiger partial charge in [0, 0.05) is 38.9 Å². The molecule has 0 amide bonds. The van der Waals surface area contributed by atoms with Crippen molar-refractivity contribution in [2.75, 3.05) is 6.54 Å². The summed E-state index contributed by atoms with van der Waals surface area (Å²) in [6.07, 6.45) is 8.64. The van der Waals surface area contributed by atoms with Gasteiger partial charge in [-0.05, 0) is 13.0 Å². The standard InChI is InChI=1S/C12H19N5/c1-4-5-13-10(11-14-6-8-16(11)2)12-15-7-9-17(12)3/h6-10,13H,4-5H2,1-3H3. The number of aryl methyl sites for hydroxylation is 2. The van der Waals surface area contributed by atoms with E-state index in [1.54, 1.807) is 0 Å². The van der Waals surface area contributed by atoms with Gasteiger partial charge in [-0.15, -0.1) is 0 Å². The van der Waals surface area contributed by atoms with Crippen LogP contribution in [0.2, 0.25) is 0 Å². The van der Waals surface area contributed by atoms with Crippen molar-refractivity contribution in [2.24, 2.45) is 14.1 Å². The second-order valence-electron chi connectivity index (χ2n) is 4.18. The number of nitrogens with zero attached hydrogens (tertiary/aromatic N) is 4. The molecule has 0 aliphatic heterocycles. The molecule has 0 spiro atoms. The Bertz CT molecular complexity index is 430. The molecule has 2 rings (SSSR count). The summed E-state index contributed by atoms with van der Waals surface area (Å²) in [4.78, 5) is 8.83. The van der Waals surface area contributed by atoms with Crippen molar-refractivity contribution in [1.82, 2.24) is 24.4 Å². The number of rotatable bonds is 5. The summed E-state index contributed by atoms with van der Waals surface area (Å²) in [6, 6.07) is 0.0509. The summed E-state index contributed by atoms with van der Waals surface area (Å²) in [7, 11) is 4.01. The Labute approximate surface area is 102 Å². The molecule has 5 heteroatoms. The zero-order valence-electron chi connectivity index (χ0n) is 10.6. The highest BCUT2D eigenvalue weighted by atomic mass is 15.2. The second kappa shape index (κ2) is 5.14. The van der Waals surface area contributed by atoms with Crippen molar-refractivity contribution < 1.29 is 0 Å². The van der Waals surface area contributed by atoms with Gasteiger partial charge < -0.3 is 14.5 Å². The van der Waals surface area contributed by atoms with E-state index in [1.807, 2.05) is 48.0 Å². The molecule has 2 heterocycles. The molecule has 17 heavy (non-hydrogen) atoms. The first-order valence-electron chi connectivity index (χ1n) is 5.92. The number of hydrogen-bond acceptors (Lipinski definition) is 3. The van der Waals surface area contributed by atoms with E-state index in [1.165, 1.54) is 0 Å². The van der Waals surface area contributed by atoms with E-state index < -0.39 is 0 Å². The number of aromatic nitrogens is 4. The first kappa shape index (κ1) is 11.9. The summed E-state index contributed by atoms with van der Waals surface area (Å²) in [5.41, 5.74) is 0. The van der Waals surface area contributed by atoms with E-state index in [-0.39, 0.29) is 6.04 Å². The molecule has 0 aromatic carbocycles. The molecule has 0 aliphatic rings. The second-order valence-corrected chi connectivity index (χ2v) is 4.18. The van der Waals surface area contributed by atoms with Gasteiger partial charge in [-0.1, -0.05) is 6.92 Å². The third-order valence-electron chi connectivity index (χ3n) is 2.83. The number of nitrogens with one attached hydrogen (secondary N) is 1. The van der Waals surface area contributed by atoms with Crippen LogP contribution in [0.25, 0.3) is 0 Å². The van der Waals surface area contributed by atoms with Gasteiger partial charge in [0.15, 0.2) is 0 Å². The third kappa shape index (κ3) is 2.39. The minimum atomic E-state index is 0.0509. The Morgan fingerprint density at radius 1 is 1.12 bits per heavy atom. The molecule has 0 saturated carbocycles. The minimum Gasteiger partial charge on any atom is -0.336 e. The Morgan fingerprint density at radius 3 is 2.00 bits per heavy atom. The average Bonchev–Trinajstić information content (AvgIpc) is 2.90. The van der Waals surface area contributed by atoms with E-state index in [4.69, 9.17) is 0 Å². The predicted octanol–water partition coefficient (Wildman–Crippen LogP) is 1.24. The quantitative estimate of drug-likeness (QED) is 0.845. The number of imidazole rings is 2. The van der Waals surface area contributed by atoms with E-state index in [9.17, 15) is 0 Å². The fraction of sp³-hybridized carbons (Fsp3) is 0.500. The maximum atomic E-state index is 4.41. The van der Waals surface area contributed by atoms with Crippen molar-refractivity contribution in [1.29, 1.82) is 0 Å². The smallest absolute Gasteiger partial charge is 0.133 e. The highest BCUT2D eigenvalue weighted by molar-refractivity contribution is 5.12. The lowest BCUT2D eigenvalue weighted by Gasteiger charge is -2.18. The van der Waals surface area contributed by atoms with Crippen molar-refractivity contribution >= 4 is 0 Å². The molecular formula is C12H19N5. The fourth-order valence-electron chi connectivity index (χ4n) is 1.90. The van der Waals surface area contributed by atoms with Gasteiger partial charge in [0.25, 0.3) is 0 Å². The van der Waals surface area contributed by atoms with Crippen molar-refractivity contribution in [2.45, 2.75) is 19.4 Å². The van der Waals surface area contributed by atoms with E-state index in [2.05, 4.69) is 22.2 Å². The van der Waals surface area contributed by atoms with Crippen LogP contribution in [0.3, 0.4) is 0 Å². The lowest BCUT2D eigenvalue weighted by Crippen LogP contribution is -2.28. The molecule has 0 bridgehead atoms. The molecular weight excluding hydrogens is 214 g/mol. The summed E-state index contributed by atoms with van der Waals surface area (Å²) < 4.78 is 4.06. The van der Waals surface area contributed by atoms with Crippen LogP contribution in [0.1, 0.15) is 31.0 Å². The van der Waals surface area contributed by atoms with Gasteiger partial charge >= 0.3 is 0 Å². The Kier molecular flexibility index (Phi) is 3.58. The molecule has 0 saturated heterocycles. The Balaban J connectivity index is 2.32. The molecule has 0 aliphatic carbocycles. The normalized spacial score (nSPS) is 11.3. The molecule has 2 aromatic rings. The Hall–Kier alpha value is -1.62.